The molecule has 3 aromatic heterocycles. The van der Waals surface area contributed by atoms with Gasteiger partial charge < -0.3 is 10.1 Å². The number of nitrogens with one attached hydrogen (secondary N) is 1. The first-order valence-electron chi connectivity index (χ1n) is 8.41. The number of carbonyl (C=O) groups is 1. The zero-order valence-corrected chi connectivity index (χ0v) is 17.3. The van der Waals surface area contributed by atoms with Crippen LogP contribution in [0.25, 0.3) is 20.4 Å². The molecular formula is C18H16N4O3S3. The van der Waals surface area contributed by atoms with Crippen molar-refractivity contribution in [2.24, 2.45) is 0 Å². The minimum absolute atomic E-state index is 0.105. The van der Waals surface area contributed by atoms with Gasteiger partial charge in [0, 0.05) is 7.11 Å². The number of hydrogen-bond acceptors (Lipinski definition) is 8. The lowest BCUT2D eigenvalue weighted by molar-refractivity contribution is -0.113. The summed E-state index contributed by atoms with van der Waals surface area (Å²) in [5.41, 5.74) is 1.40. The summed E-state index contributed by atoms with van der Waals surface area (Å²) >= 11 is 4.02. The molecule has 0 spiro atoms. The van der Waals surface area contributed by atoms with Gasteiger partial charge in [-0.15, -0.1) is 11.3 Å². The number of anilines is 1. The Balaban J connectivity index is 1.50. The summed E-state index contributed by atoms with van der Waals surface area (Å²) in [7, 11) is 1.58. The smallest absolute Gasteiger partial charge is 0.272 e. The Hall–Kier alpha value is -2.27. The molecule has 1 N–H and O–H groups in total. The van der Waals surface area contributed by atoms with E-state index in [-0.39, 0.29) is 17.2 Å². The number of carbonyl (C=O) groups excluding carboxylic acids is 1. The third-order valence-corrected chi connectivity index (χ3v) is 6.74. The van der Waals surface area contributed by atoms with Gasteiger partial charge in [-0.3, -0.25) is 14.2 Å². The maximum Gasteiger partial charge on any atom is 0.272 e. The standard InChI is InChI=1S/C18H16N4O3S3/c1-25-8-7-22-16(24)15-12(6-9-26-15)20-18(22)27-10-14(23)21-17-19-11-4-2-3-5-13(11)28-17/h2-6,9H,7-8,10H2,1H3,(H,19,21,23). The van der Waals surface area contributed by atoms with Crippen LogP contribution < -0.4 is 10.9 Å². The zero-order chi connectivity index (χ0) is 19.5. The summed E-state index contributed by atoms with van der Waals surface area (Å²) in [5, 5.41) is 5.73. The second-order valence-electron chi connectivity index (χ2n) is 5.80. The number of para-hydroxylation sites is 1. The molecule has 0 bridgehead atoms. The van der Waals surface area contributed by atoms with Crippen molar-refractivity contribution in [2.45, 2.75) is 11.7 Å². The molecule has 10 heteroatoms. The predicted octanol–water partition coefficient (Wildman–Crippen LogP) is 3.44. The van der Waals surface area contributed by atoms with Gasteiger partial charge in [-0.05, 0) is 23.6 Å². The number of methoxy groups -OCH3 is 1. The van der Waals surface area contributed by atoms with E-state index in [9.17, 15) is 9.59 Å². The van der Waals surface area contributed by atoms with Gasteiger partial charge in [-0.2, -0.15) is 0 Å². The minimum atomic E-state index is -0.193. The van der Waals surface area contributed by atoms with Crippen LogP contribution in [0.2, 0.25) is 0 Å². The molecule has 0 atom stereocenters. The van der Waals surface area contributed by atoms with Crippen LogP contribution in [0.3, 0.4) is 0 Å². The lowest BCUT2D eigenvalue weighted by Crippen LogP contribution is -2.25. The molecular weight excluding hydrogens is 416 g/mol. The molecule has 1 amide bonds. The van der Waals surface area contributed by atoms with E-state index in [1.807, 2.05) is 35.7 Å². The van der Waals surface area contributed by atoms with Crippen LogP contribution in [0.1, 0.15) is 0 Å². The zero-order valence-electron chi connectivity index (χ0n) is 14.9. The number of aromatic nitrogens is 3. The number of hydrogen-bond donors (Lipinski definition) is 1. The molecule has 0 aliphatic rings. The Labute approximate surface area is 172 Å². The molecule has 28 heavy (non-hydrogen) atoms. The molecule has 7 nitrogen and oxygen atoms in total. The number of thiophene rings is 1. The fraction of sp³-hybridized carbons (Fsp3) is 0.222. The van der Waals surface area contributed by atoms with Crippen molar-refractivity contribution in [2.75, 3.05) is 24.8 Å². The predicted molar refractivity (Wildman–Crippen MR) is 115 cm³/mol. The van der Waals surface area contributed by atoms with Gasteiger partial charge >= 0.3 is 0 Å². The maximum absolute atomic E-state index is 12.7. The number of ether oxygens (including phenoxy) is 1. The van der Waals surface area contributed by atoms with Gasteiger partial charge in [-0.25, -0.2) is 9.97 Å². The average molecular weight is 433 g/mol. The Kier molecular flexibility index (Phi) is 5.72. The normalized spacial score (nSPS) is 11.3. The maximum atomic E-state index is 12.7. The van der Waals surface area contributed by atoms with Crippen molar-refractivity contribution < 1.29 is 9.53 Å². The van der Waals surface area contributed by atoms with Crippen LogP contribution in [0.4, 0.5) is 5.13 Å². The summed E-state index contributed by atoms with van der Waals surface area (Å²) in [4.78, 5) is 34.0. The second-order valence-corrected chi connectivity index (χ2v) is 8.69. The molecule has 0 saturated carbocycles. The van der Waals surface area contributed by atoms with Crippen LogP contribution in [0, 0.1) is 0 Å². The summed E-state index contributed by atoms with van der Waals surface area (Å²) in [6.07, 6.45) is 0. The highest BCUT2D eigenvalue weighted by atomic mass is 32.2. The lowest BCUT2D eigenvalue weighted by atomic mass is 10.3. The van der Waals surface area contributed by atoms with Gasteiger partial charge in [0.05, 0.1) is 34.6 Å². The topological polar surface area (TPSA) is 86.1 Å². The highest BCUT2D eigenvalue weighted by Gasteiger charge is 2.15. The Morgan fingerprint density at radius 1 is 1.25 bits per heavy atom. The van der Waals surface area contributed by atoms with E-state index < -0.39 is 0 Å². The number of amides is 1. The Bertz CT molecular complexity index is 1160. The van der Waals surface area contributed by atoms with E-state index >= 15 is 0 Å². The van der Waals surface area contributed by atoms with E-state index in [0.717, 1.165) is 10.2 Å². The van der Waals surface area contributed by atoms with Crippen molar-refractivity contribution in [1.29, 1.82) is 0 Å². The summed E-state index contributed by atoms with van der Waals surface area (Å²) < 4.78 is 8.30. The van der Waals surface area contributed by atoms with Crippen molar-refractivity contribution in [1.82, 2.24) is 14.5 Å². The SMILES string of the molecule is COCCn1c(SCC(=O)Nc2nc3ccccc3s2)nc2ccsc2c1=O. The van der Waals surface area contributed by atoms with Crippen LogP contribution in [0.5, 0.6) is 0 Å². The number of fused-ring (bicyclic) bond motifs is 2. The molecule has 3 heterocycles. The molecule has 0 aliphatic carbocycles. The van der Waals surface area contributed by atoms with Crippen LogP contribution in [0.15, 0.2) is 45.7 Å². The van der Waals surface area contributed by atoms with Crippen molar-refractivity contribution in [3.8, 4) is 0 Å². The van der Waals surface area contributed by atoms with Crippen LogP contribution >= 0.6 is 34.4 Å². The summed E-state index contributed by atoms with van der Waals surface area (Å²) in [6, 6.07) is 9.53. The molecule has 0 unspecified atom stereocenters. The monoisotopic (exact) mass is 432 g/mol. The number of thiazole rings is 1. The first-order valence-corrected chi connectivity index (χ1v) is 11.1. The molecule has 0 fully saturated rings. The number of benzene rings is 1. The average Bonchev–Trinajstić information content (AvgIpc) is 3.32. The van der Waals surface area contributed by atoms with E-state index in [1.54, 1.807) is 11.7 Å². The molecule has 4 rings (SSSR count). The molecule has 0 saturated heterocycles. The van der Waals surface area contributed by atoms with Crippen LogP contribution in [-0.4, -0.2) is 39.9 Å². The van der Waals surface area contributed by atoms with Gasteiger partial charge in [0.25, 0.3) is 5.56 Å². The van der Waals surface area contributed by atoms with Crippen molar-refractivity contribution in [3.63, 3.8) is 0 Å². The van der Waals surface area contributed by atoms with Gasteiger partial charge in [0.15, 0.2) is 10.3 Å². The number of rotatable bonds is 7. The fourth-order valence-electron chi connectivity index (χ4n) is 2.62. The third kappa shape index (κ3) is 3.95. The van der Waals surface area contributed by atoms with E-state index in [4.69, 9.17) is 4.74 Å². The van der Waals surface area contributed by atoms with Gasteiger partial charge in [0.2, 0.25) is 5.91 Å². The van der Waals surface area contributed by atoms with E-state index in [2.05, 4.69) is 15.3 Å². The summed E-state index contributed by atoms with van der Waals surface area (Å²) in [5.74, 6) is -0.0626. The largest absolute Gasteiger partial charge is 0.383 e. The first-order chi connectivity index (χ1) is 13.7. The quantitative estimate of drug-likeness (QED) is 0.356. The van der Waals surface area contributed by atoms with Gasteiger partial charge in [-0.1, -0.05) is 35.2 Å². The van der Waals surface area contributed by atoms with E-state index in [0.29, 0.717) is 33.7 Å². The van der Waals surface area contributed by atoms with Gasteiger partial charge in [0.1, 0.15) is 4.70 Å². The highest BCUT2D eigenvalue weighted by molar-refractivity contribution is 7.99. The molecule has 0 aliphatic heterocycles. The highest BCUT2D eigenvalue weighted by Crippen LogP contribution is 2.26. The summed E-state index contributed by atoms with van der Waals surface area (Å²) in [6.45, 7) is 0.780. The Morgan fingerprint density at radius 2 is 2.11 bits per heavy atom. The third-order valence-electron chi connectivity index (χ3n) is 3.92. The molecule has 0 radical (unpaired) electrons. The number of thioether (sulfide) groups is 1. The second kappa shape index (κ2) is 8.39. The first kappa shape index (κ1) is 19.1. The van der Waals surface area contributed by atoms with Crippen molar-refractivity contribution in [3.05, 3.63) is 46.1 Å². The van der Waals surface area contributed by atoms with Crippen molar-refractivity contribution >= 4 is 65.9 Å². The van der Waals surface area contributed by atoms with Crippen LogP contribution in [-0.2, 0) is 16.1 Å². The lowest BCUT2D eigenvalue weighted by Gasteiger charge is -2.11. The fourth-order valence-corrected chi connectivity index (χ4v) is 5.11. The number of nitrogens with zero attached hydrogens (tertiary/aromatic N) is 3. The minimum Gasteiger partial charge on any atom is -0.383 e. The molecule has 1 aromatic carbocycles. The molecule has 4 aromatic rings. The molecule has 144 valence electrons. The van der Waals surface area contributed by atoms with E-state index in [1.165, 1.54) is 34.4 Å². The Morgan fingerprint density at radius 3 is 2.93 bits per heavy atom.